The molecule has 0 unspecified atom stereocenters. The van der Waals surface area contributed by atoms with Crippen molar-refractivity contribution in [1.82, 2.24) is 5.32 Å². The molecule has 1 aromatic heterocycles. The Kier molecular flexibility index (Phi) is 4.17. The Balaban J connectivity index is 2.60. The Bertz CT molecular complexity index is 373. The highest BCUT2D eigenvalue weighted by molar-refractivity contribution is 7.10. The minimum absolute atomic E-state index is 0.0817. The molecular weight excluding hydrogens is 198 g/mol. The van der Waals surface area contributed by atoms with E-state index in [1.54, 1.807) is 0 Å². The number of carbonyl (C=O) groups is 1. The second-order valence-electron chi connectivity index (χ2n) is 2.70. The van der Waals surface area contributed by atoms with Crippen LogP contribution in [0.2, 0.25) is 0 Å². The maximum atomic E-state index is 10.4. The maximum Gasteiger partial charge on any atom is 0.308 e. The molecule has 74 valence electrons. The van der Waals surface area contributed by atoms with Gasteiger partial charge in [0.15, 0.2) is 0 Å². The fraction of sp³-hybridized carbons (Fsp3) is 0.300. The summed E-state index contributed by atoms with van der Waals surface area (Å²) in [6.45, 7) is 0.643. The first-order chi connectivity index (χ1) is 6.72. The van der Waals surface area contributed by atoms with E-state index in [9.17, 15) is 4.79 Å². The minimum Gasteiger partial charge on any atom is -0.481 e. The molecule has 0 aliphatic heterocycles. The number of carboxylic acids is 1. The lowest BCUT2D eigenvalue weighted by Gasteiger charge is -1.86. The van der Waals surface area contributed by atoms with Crippen molar-refractivity contribution in [2.75, 3.05) is 13.6 Å². The molecule has 0 aromatic carbocycles. The molecule has 3 nitrogen and oxygen atoms in total. The fourth-order valence-corrected chi connectivity index (χ4v) is 1.73. The Morgan fingerprint density at radius 1 is 1.71 bits per heavy atom. The van der Waals surface area contributed by atoms with E-state index in [1.807, 2.05) is 18.5 Å². The van der Waals surface area contributed by atoms with Crippen molar-refractivity contribution in [2.24, 2.45) is 0 Å². The van der Waals surface area contributed by atoms with Gasteiger partial charge in [-0.15, -0.1) is 11.3 Å². The molecule has 0 spiro atoms. The third-order valence-electron chi connectivity index (χ3n) is 1.48. The molecule has 0 amide bonds. The number of aliphatic carboxylic acids is 1. The molecule has 1 rings (SSSR count). The van der Waals surface area contributed by atoms with Crippen molar-refractivity contribution in [2.45, 2.75) is 6.42 Å². The van der Waals surface area contributed by atoms with Gasteiger partial charge in [0.1, 0.15) is 0 Å². The van der Waals surface area contributed by atoms with Gasteiger partial charge in [-0.2, -0.15) is 0 Å². The van der Waals surface area contributed by atoms with Crippen LogP contribution in [0.4, 0.5) is 0 Å². The average molecular weight is 209 g/mol. The van der Waals surface area contributed by atoms with Gasteiger partial charge in [0.25, 0.3) is 0 Å². The first-order valence-electron chi connectivity index (χ1n) is 4.15. The molecule has 0 aliphatic carbocycles. The number of nitrogens with one attached hydrogen (secondary N) is 1. The molecule has 4 heteroatoms. The lowest BCUT2D eigenvalue weighted by molar-refractivity contribution is -0.136. The van der Waals surface area contributed by atoms with Crippen LogP contribution >= 0.6 is 11.3 Å². The van der Waals surface area contributed by atoms with Gasteiger partial charge in [0.2, 0.25) is 0 Å². The monoisotopic (exact) mass is 209 g/mol. The molecule has 1 heterocycles. The summed E-state index contributed by atoms with van der Waals surface area (Å²) < 4.78 is 0. The molecule has 0 radical (unpaired) electrons. The summed E-state index contributed by atoms with van der Waals surface area (Å²) in [6, 6.07) is 1.82. The van der Waals surface area contributed by atoms with Gasteiger partial charge in [-0.05, 0) is 13.1 Å². The number of rotatable bonds is 3. The SMILES string of the molecule is CNCC#Cc1csc(CC(=O)O)c1. The topological polar surface area (TPSA) is 49.3 Å². The molecule has 14 heavy (non-hydrogen) atoms. The van der Waals surface area contributed by atoms with Crippen LogP contribution in [0.25, 0.3) is 0 Å². The second kappa shape index (κ2) is 5.43. The van der Waals surface area contributed by atoms with E-state index in [4.69, 9.17) is 5.11 Å². The van der Waals surface area contributed by atoms with Crippen LogP contribution in [0.5, 0.6) is 0 Å². The van der Waals surface area contributed by atoms with E-state index in [0.29, 0.717) is 6.54 Å². The van der Waals surface area contributed by atoms with E-state index in [-0.39, 0.29) is 6.42 Å². The van der Waals surface area contributed by atoms with Gasteiger partial charge in [0.05, 0.1) is 13.0 Å². The minimum atomic E-state index is -0.804. The summed E-state index contributed by atoms with van der Waals surface area (Å²) in [7, 11) is 1.83. The number of thiophene rings is 1. The van der Waals surface area contributed by atoms with E-state index in [2.05, 4.69) is 17.2 Å². The highest BCUT2D eigenvalue weighted by Gasteiger charge is 2.02. The molecule has 0 aliphatic rings. The predicted octanol–water partition coefficient (Wildman–Crippen LogP) is 0.946. The number of carboxylic acid groups (broad SMARTS) is 1. The van der Waals surface area contributed by atoms with E-state index in [0.717, 1.165) is 10.4 Å². The zero-order valence-corrected chi connectivity index (χ0v) is 8.65. The third kappa shape index (κ3) is 3.60. The quantitative estimate of drug-likeness (QED) is 0.729. The third-order valence-corrected chi connectivity index (χ3v) is 2.41. The first kappa shape index (κ1) is 10.8. The number of hydrogen-bond acceptors (Lipinski definition) is 3. The van der Waals surface area contributed by atoms with Gasteiger partial charge in [-0.1, -0.05) is 11.8 Å². The van der Waals surface area contributed by atoms with Crippen molar-refractivity contribution in [3.05, 3.63) is 21.9 Å². The lowest BCUT2D eigenvalue weighted by atomic mass is 10.3. The van der Waals surface area contributed by atoms with Crippen molar-refractivity contribution >= 4 is 17.3 Å². The summed E-state index contributed by atoms with van der Waals surface area (Å²) >= 11 is 1.43. The highest BCUT2D eigenvalue weighted by atomic mass is 32.1. The zero-order chi connectivity index (χ0) is 10.4. The van der Waals surface area contributed by atoms with Crippen molar-refractivity contribution in [3.8, 4) is 11.8 Å². The van der Waals surface area contributed by atoms with Gasteiger partial charge in [-0.25, -0.2) is 0 Å². The van der Waals surface area contributed by atoms with Gasteiger partial charge >= 0.3 is 5.97 Å². The average Bonchev–Trinajstić information content (AvgIpc) is 2.52. The molecule has 0 bridgehead atoms. The van der Waals surface area contributed by atoms with Gasteiger partial charge in [0, 0.05) is 15.8 Å². The van der Waals surface area contributed by atoms with Gasteiger partial charge in [-0.3, -0.25) is 4.79 Å². The van der Waals surface area contributed by atoms with Crippen molar-refractivity contribution in [3.63, 3.8) is 0 Å². The van der Waals surface area contributed by atoms with Crippen LogP contribution in [0, 0.1) is 11.8 Å². The lowest BCUT2D eigenvalue weighted by Crippen LogP contribution is -2.04. The van der Waals surface area contributed by atoms with Crippen LogP contribution in [0.15, 0.2) is 11.4 Å². The van der Waals surface area contributed by atoms with E-state index >= 15 is 0 Å². The predicted molar refractivity (Wildman–Crippen MR) is 56.5 cm³/mol. The molecule has 0 fully saturated rings. The molecule has 0 saturated heterocycles. The summed E-state index contributed by atoms with van der Waals surface area (Å²) in [6.07, 6.45) is 0.0817. The smallest absolute Gasteiger partial charge is 0.308 e. The van der Waals surface area contributed by atoms with Crippen molar-refractivity contribution in [1.29, 1.82) is 0 Å². The Hall–Kier alpha value is -1.31. The molecule has 0 atom stereocenters. The Labute approximate surface area is 86.8 Å². The zero-order valence-electron chi connectivity index (χ0n) is 7.83. The number of hydrogen-bond donors (Lipinski definition) is 2. The molecule has 1 aromatic rings. The summed E-state index contributed by atoms with van der Waals surface area (Å²) in [5.74, 6) is 5.06. The molecular formula is C10H11NO2S. The van der Waals surface area contributed by atoms with Crippen molar-refractivity contribution < 1.29 is 9.90 Å². The summed E-state index contributed by atoms with van der Waals surface area (Å²) in [5, 5.41) is 13.3. The summed E-state index contributed by atoms with van der Waals surface area (Å²) in [5.41, 5.74) is 0.890. The Morgan fingerprint density at radius 3 is 3.14 bits per heavy atom. The van der Waals surface area contributed by atoms with E-state index < -0.39 is 5.97 Å². The van der Waals surface area contributed by atoms with Crippen LogP contribution in [0.1, 0.15) is 10.4 Å². The van der Waals surface area contributed by atoms with Gasteiger partial charge < -0.3 is 10.4 Å². The van der Waals surface area contributed by atoms with Crippen LogP contribution in [-0.2, 0) is 11.2 Å². The summed E-state index contributed by atoms with van der Waals surface area (Å²) in [4.78, 5) is 11.2. The highest BCUT2D eigenvalue weighted by Crippen LogP contribution is 2.14. The van der Waals surface area contributed by atoms with Crippen LogP contribution < -0.4 is 5.32 Å². The second-order valence-corrected chi connectivity index (χ2v) is 3.70. The Morgan fingerprint density at radius 2 is 2.50 bits per heavy atom. The van der Waals surface area contributed by atoms with Crippen LogP contribution in [-0.4, -0.2) is 24.7 Å². The fourth-order valence-electron chi connectivity index (χ4n) is 0.923. The molecule has 0 saturated carbocycles. The first-order valence-corrected chi connectivity index (χ1v) is 5.03. The standard InChI is InChI=1S/C10H11NO2S/c1-11-4-2-3-8-5-9(14-7-8)6-10(12)13/h5,7,11H,4,6H2,1H3,(H,12,13). The maximum absolute atomic E-state index is 10.4. The normalized spacial score (nSPS) is 9.21. The van der Waals surface area contributed by atoms with Crippen LogP contribution in [0.3, 0.4) is 0 Å². The largest absolute Gasteiger partial charge is 0.481 e. The van der Waals surface area contributed by atoms with E-state index in [1.165, 1.54) is 11.3 Å². The molecule has 2 N–H and O–H groups in total.